The highest BCUT2D eigenvalue weighted by Gasteiger charge is 2.17. The van der Waals surface area contributed by atoms with E-state index < -0.39 is 0 Å². The van der Waals surface area contributed by atoms with Gasteiger partial charge in [0.2, 0.25) is 0 Å². The second-order valence-corrected chi connectivity index (χ2v) is 5.92. The lowest BCUT2D eigenvalue weighted by atomic mass is 10.1. The van der Waals surface area contributed by atoms with Gasteiger partial charge in [0.05, 0.1) is 37.0 Å². The van der Waals surface area contributed by atoms with E-state index in [0.717, 1.165) is 43.2 Å². The van der Waals surface area contributed by atoms with E-state index in [1.165, 1.54) is 5.57 Å². The SMILES string of the molecule is CC(C)=Cc1c(-c2ccccc2)ncn1C[C@@H]1CNCCO1. The maximum Gasteiger partial charge on any atom is 0.0959 e. The number of nitrogens with zero attached hydrogens (tertiary/aromatic N) is 2. The van der Waals surface area contributed by atoms with E-state index in [9.17, 15) is 0 Å². The van der Waals surface area contributed by atoms with Gasteiger partial charge in [0, 0.05) is 18.7 Å². The van der Waals surface area contributed by atoms with Gasteiger partial charge in [0.15, 0.2) is 0 Å². The lowest BCUT2D eigenvalue weighted by Gasteiger charge is -2.24. The van der Waals surface area contributed by atoms with E-state index in [0.29, 0.717) is 0 Å². The number of nitrogens with one attached hydrogen (secondary N) is 1. The van der Waals surface area contributed by atoms with Crippen molar-refractivity contribution in [1.29, 1.82) is 0 Å². The Hall–Kier alpha value is -1.91. The molecule has 0 bridgehead atoms. The van der Waals surface area contributed by atoms with Gasteiger partial charge in [-0.2, -0.15) is 0 Å². The molecule has 1 aliphatic rings. The first-order valence-corrected chi connectivity index (χ1v) is 7.82. The van der Waals surface area contributed by atoms with Crippen molar-refractivity contribution in [2.45, 2.75) is 26.5 Å². The van der Waals surface area contributed by atoms with Crippen LogP contribution in [0.25, 0.3) is 17.3 Å². The average molecular weight is 297 g/mol. The monoisotopic (exact) mass is 297 g/mol. The van der Waals surface area contributed by atoms with Crippen LogP contribution in [0.1, 0.15) is 19.5 Å². The zero-order valence-corrected chi connectivity index (χ0v) is 13.2. The molecule has 1 aromatic heterocycles. The van der Waals surface area contributed by atoms with Crippen molar-refractivity contribution in [3.8, 4) is 11.3 Å². The van der Waals surface area contributed by atoms with Crippen LogP contribution in [0.3, 0.4) is 0 Å². The third-order valence-corrected chi connectivity index (χ3v) is 3.76. The van der Waals surface area contributed by atoms with Crippen molar-refractivity contribution < 1.29 is 4.74 Å². The minimum atomic E-state index is 0.205. The molecule has 4 nitrogen and oxygen atoms in total. The summed E-state index contributed by atoms with van der Waals surface area (Å²) in [4.78, 5) is 4.65. The molecule has 1 atom stereocenters. The molecule has 1 fully saturated rings. The lowest BCUT2D eigenvalue weighted by molar-refractivity contribution is 0.0181. The Morgan fingerprint density at radius 1 is 1.36 bits per heavy atom. The molecule has 0 amide bonds. The maximum atomic E-state index is 5.83. The molecule has 0 radical (unpaired) electrons. The minimum Gasteiger partial charge on any atom is -0.374 e. The highest BCUT2D eigenvalue weighted by atomic mass is 16.5. The summed E-state index contributed by atoms with van der Waals surface area (Å²) in [5.74, 6) is 0. The molecule has 0 aliphatic carbocycles. The van der Waals surface area contributed by atoms with Crippen LogP contribution in [0, 0.1) is 0 Å². The minimum absolute atomic E-state index is 0.205. The summed E-state index contributed by atoms with van der Waals surface area (Å²) in [5, 5.41) is 3.38. The number of rotatable bonds is 4. The molecule has 0 unspecified atom stereocenters. The number of allylic oxidation sites excluding steroid dienone is 1. The van der Waals surface area contributed by atoms with E-state index in [2.05, 4.69) is 59.1 Å². The van der Waals surface area contributed by atoms with Crippen molar-refractivity contribution in [1.82, 2.24) is 14.9 Å². The first-order chi connectivity index (χ1) is 10.7. The van der Waals surface area contributed by atoms with Gasteiger partial charge < -0.3 is 14.6 Å². The lowest BCUT2D eigenvalue weighted by Crippen LogP contribution is -2.40. The highest BCUT2D eigenvalue weighted by molar-refractivity contribution is 5.70. The van der Waals surface area contributed by atoms with Gasteiger partial charge in [0.1, 0.15) is 0 Å². The quantitative estimate of drug-likeness (QED) is 0.943. The highest BCUT2D eigenvalue weighted by Crippen LogP contribution is 2.24. The Morgan fingerprint density at radius 3 is 2.86 bits per heavy atom. The molecule has 1 N–H and O–H groups in total. The van der Waals surface area contributed by atoms with Crippen LogP contribution in [-0.4, -0.2) is 35.4 Å². The number of morpholine rings is 1. The van der Waals surface area contributed by atoms with Crippen LogP contribution >= 0.6 is 0 Å². The zero-order chi connectivity index (χ0) is 15.4. The molecule has 2 heterocycles. The summed E-state index contributed by atoms with van der Waals surface area (Å²) in [7, 11) is 0. The predicted molar refractivity (Wildman–Crippen MR) is 89.6 cm³/mol. The normalized spacial score (nSPS) is 18.2. The molecule has 1 aliphatic heterocycles. The molecule has 3 rings (SSSR count). The van der Waals surface area contributed by atoms with E-state index in [1.54, 1.807) is 0 Å². The van der Waals surface area contributed by atoms with Crippen LogP contribution < -0.4 is 5.32 Å². The largest absolute Gasteiger partial charge is 0.374 e. The molecule has 22 heavy (non-hydrogen) atoms. The Balaban J connectivity index is 1.93. The molecule has 0 spiro atoms. The van der Waals surface area contributed by atoms with Gasteiger partial charge >= 0.3 is 0 Å². The topological polar surface area (TPSA) is 39.1 Å². The molecular weight excluding hydrogens is 274 g/mol. The average Bonchev–Trinajstić information content (AvgIpc) is 2.91. The summed E-state index contributed by atoms with van der Waals surface area (Å²) in [6.07, 6.45) is 4.33. The van der Waals surface area contributed by atoms with Crippen LogP contribution in [0.15, 0.2) is 42.2 Å². The van der Waals surface area contributed by atoms with Crippen LogP contribution in [0.2, 0.25) is 0 Å². The van der Waals surface area contributed by atoms with E-state index in [-0.39, 0.29) is 6.10 Å². The van der Waals surface area contributed by atoms with Gasteiger partial charge in [-0.25, -0.2) is 4.98 Å². The van der Waals surface area contributed by atoms with Gasteiger partial charge in [-0.1, -0.05) is 35.9 Å². The Bertz CT molecular complexity index is 636. The summed E-state index contributed by atoms with van der Waals surface area (Å²) in [6, 6.07) is 10.3. The van der Waals surface area contributed by atoms with Gasteiger partial charge in [-0.05, 0) is 19.9 Å². The fourth-order valence-corrected chi connectivity index (χ4v) is 2.74. The summed E-state index contributed by atoms with van der Waals surface area (Å²) in [6.45, 7) is 7.67. The first kappa shape index (κ1) is 15.0. The smallest absolute Gasteiger partial charge is 0.0959 e. The van der Waals surface area contributed by atoms with Crippen molar-refractivity contribution in [3.05, 3.63) is 47.9 Å². The van der Waals surface area contributed by atoms with Crippen molar-refractivity contribution in [2.75, 3.05) is 19.7 Å². The third-order valence-electron chi connectivity index (χ3n) is 3.76. The molecule has 4 heteroatoms. The van der Waals surface area contributed by atoms with Crippen molar-refractivity contribution in [2.24, 2.45) is 0 Å². The van der Waals surface area contributed by atoms with E-state index in [4.69, 9.17) is 4.74 Å². The standard InChI is InChI=1S/C18H23N3O/c1-14(2)10-17-18(15-6-4-3-5-7-15)20-13-21(17)12-16-11-19-8-9-22-16/h3-7,10,13,16,19H,8-9,11-12H2,1-2H3/t16-/m0/s1. The van der Waals surface area contributed by atoms with E-state index in [1.807, 2.05) is 12.4 Å². The van der Waals surface area contributed by atoms with Crippen LogP contribution in [0.4, 0.5) is 0 Å². The number of hydrogen-bond acceptors (Lipinski definition) is 3. The fraction of sp³-hybridized carbons (Fsp3) is 0.389. The van der Waals surface area contributed by atoms with Crippen LogP contribution in [0.5, 0.6) is 0 Å². The second kappa shape index (κ2) is 6.90. The number of ether oxygens (including phenoxy) is 1. The summed E-state index contributed by atoms with van der Waals surface area (Å²) >= 11 is 0. The number of imidazole rings is 1. The number of benzene rings is 1. The Kier molecular flexibility index (Phi) is 4.71. The van der Waals surface area contributed by atoms with Crippen LogP contribution in [-0.2, 0) is 11.3 Å². The number of hydrogen-bond donors (Lipinski definition) is 1. The van der Waals surface area contributed by atoms with Crippen molar-refractivity contribution >= 4 is 6.08 Å². The van der Waals surface area contributed by atoms with Crippen molar-refractivity contribution in [3.63, 3.8) is 0 Å². The summed E-state index contributed by atoms with van der Waals surface area (Å²) in [5.41, 5.74) is 4.60. The molecule has 2 aromatic rings. The zero-order valence-electron chi connectivity index (χ0n) is 13.2. The maximum absolute atomic E-state index is 5.83. The molecule has 116 valence electrons. The number of aromatic nitrogens is 2. The Labute approximate surface area is 131 Å². The first-order valence-electron chi connectivity index (χ1n) is 7.82. The van der Waals surface area contributed by atoms with Gasteiger partial charge in [-0.15, -0.1) is 0 Å². The van der Waals surface area contributed by atoms with Gasteiger partial charge in [0.25, 0.3) is 0 Å². The van der Waals surface area contributed by atoms with E-state index >= 15 is 0 Å². The third kappa shape index (κ3) is 3.46. The Morgan fingerprint density at radius 2 is 2.18 bits per heavy atom. The summed E-state index contributed by atoms with van der Waals surface area (Å²) < 4.78 is 8.03. The molecule has 0 saturated carbocycles. The molecule has 1 saturated heterocycles. The van der Waals surface area contributed by atoms with Gasteiger partial charge in [-0.3, -0.25) is 0 Å². The molecule has 1 aromatic carbocycles. The fourth-order valence-electron chi connectivity index (χ4n) is 2.74. The molecular formula is C18H23N3O. The second-order valence-electron chi connectivity index (χ2n) is 5.92. The predicted octanol–water partition coefficient (Wildman–Crippen LogP) is 2.96.